The first-order valence-corrected chi connectivity index (χ1v) is 9.62. The molecule has 0 radical (unpaired) electrons. The average molecular weight is 403 g/mol. The molecule has 2 heterocycles. The van der Waals surface area contributed by atoms with Crippen LogP contribution < -0.4 is 5.32 Å². The van der Waals surface area contributed by atoms with Crippen LogP contribution in [-0.4, -0.2) is 50.0 Å². The zero-order chi connectivity index (χ0) is 16.3. The van der Waals surface area contributed by atoms with E-state index in [2.05, 4.69) is 5.32 Å². The van der Waals surface area contributed by atoms with Crippen LogP contribution in [0.1, 0.15) is 18.4 Å². The lowest BCUT2D eigenvalue weighted by molar-refractivity contribution is -0.136. The first-order valence-electron chi connectivity index (χ1n) is 6.99. The number of nitrogens with one attached hydrogen (secondary N) is 1. The Hall–Kier alpha value is -0.380. The van der Waals surface area contributed by atoms with Crippen LogP contribution >= 0.6 is 35.3 Å². The van der Waals surface area contributed by atoms with Crippen molar-refractivity contribution in [3.05, 3.63) is 16.0 Å². The predicted octanol–water partition coefficient (Wildman–Crippen LogP) is 2.21. The van der Waals surface area contributed by atoms with Gasteiger partial charge >= 0.3 is 5.97 Å². The molecular weight excluding hydrogens is 383 g/mol. The maximum Gasteiger partial charge on any atom is 0.317 e. The molecule has 1 atom stereocenters. The maximum absolute atomic E-state index is 12.6. The molecule has 1 aromatic heterocycles. The van der Waals surface area contributed by atoms with Crippen molar-refractivity contribution in [2.24, 2.45) is 5.92 Å². The van der Waals surface area contributed by atoms with E-state index >= 15 is 0 Å². The minimum atomic E-state index is -3.51. The van der Waals surface area contributed by atoms with Gasteiger partial charge in [-0.15, -0.1) is 23.7 Å². The molecule has 1 aliphatic rings. The van der Waals surface area contributed by atoms with Crippen LogP contribution in [0.25, 0.3) is 0 Å². The highest BCUT2D eigenvalue weighted by molar-refractivity contribution is 7.91. The molecule has 1 fully saturated rings. The van der Waals surface area contributed by atoms with Crippen LogP contribution in [0.2, 0.25) is 4.34 Å². The fourth-order valence-electron chi connectivity index (χ4n) is 2.48. The molecule has 6 nitrogen and oxygen atoms in total. The number of hydrogen-bond donors (Lipinski definition) is 2. The minimum absolute atomic E-state index is 0. The first kappa shape index (κ1) is 20.7. The van der Waals surface area contributed by atoms with Gasteiger partial charge < -0.3 is 10.4 Å². The number of sulfonamides is 1. The summed E-state index contributed by atoms with van der Waals surface area (Å²) in [7, 11) is -3.51. The lowest BCUT2D eigenvalue weighted by Crippen LogP contribution is -2.43. The van der Waals surface area contributed by atoms with E-state index in [9.17, 15) is 13.2 Å². The quantitative estimate of drug-likeness (QED) is 0.761. The van der Waals surface area contributed by atoms with Crippen LogP contribution in [0.4, 0.5) is 0 Å². The molecule has 1 unspecified atom stereocenters. The van der Waals surface area contributed by atoms with E-state index < -0.39 is 16.0 Å². The Morgan fingerprint density at radius 2 is 2.26 bits per heavy atom. The predicted molar refractivity (Wildman–Crippen MR) is 93.3 cm³/mol. The molecule has 1 aromatic rings. The molecule has 0 saturated carbocycles. The molecular formula is C13H20Cl2N2O4S2. The molecule has 0 spiro atoms. The maximum atomic E-state index is 12.6. The van der Waals surface area contributed by atoms with Crippen LogP contribution in [0.3, 0.4) is 0 Å². The van der Waals surface area contributed by atoms with Gasteiger partial charge in [0.05, 0.1) is 10.9 Å². The lowest BCUT2D eigenvalue weighted by Gasteiger charge is -2.31. The Morgan fingerprint density at radius 1 is 1.57 bits per heavy atom. The van der Waals surface area contributed by atoms with Gasteiger partial charge in [-0.05, 0) is 43.9 Å². The van der Waals surface area contributed by atoms with Crippen LogP contribution in [0.15, 0.2) is 10.3 Å². The van der Waals surface area contributed by atoms with E-state index in [1.807, 2.05) is 0 Å². The van der Waals surface area contributed by atoms with Crippen molar-refractivity contribution in [3.63, 3.8) is 0 Å². The van der Waals surface area contributed by atoms with E-state index in [0.29, 0.717) is 24.0 Å². The van der Waals surface area contributed by atoms with Crippen molar-refractivity contribution in [2.45, 2.75) is 24.0 Å². The van der Waals surface area contributed by atoms with Gasteiger partial charge in [-0.3, -0.25) is 4.79 Å². The number of carbonyl (C=O) groups is 1. The number of aliphatic carboxylic acids is 1. The number of carboxylic acid groups (broad SMARTS) is 1. The van der Waals surface area contributed by atoms with Crippen LogP contribution in [-0.2, 0) is 14.8 Å². The van der Waals surface area contributed by atoms with Crippen LogP contribution in [0, 0.1) is 12.8 Å². The van der Waals surface area contributed by atoms with Gasteiger partial charge in [0.1, 0.15) is 4.21 Å². The highest BCUT2D eigenvalue weighted by Crippen LogP contribution is 2.33. The van der Waals surface area contributed by atoms with Gasteiger partial charge in [-0.25, -0.2) is 8.42 Å². The summed E-state index contributed by atoms with van der Waals surface area (Å²) in [6, 6.07) is 1.61. The molecule has 23 heavy (non-hydrogen) atoms. The van der Waals surface area contributed by atoms with E-state index in [-0.39, 0.29) is 29.1 Å². The van der Waals surface area contributed by atoms with Crippen molar-refractivity contribution in [1.82, 2.24) is 9.62 Å². The van der Waals surface area contributed by atoms with E-state index in [1.54, 1.807) is 13.0 Å². The number of piperidine rings is 1. The van der Waals surface area contributed by atoms with E-state index in [4.69, 9.17) is 16.7 Å². The van der Waals surface area contributed by atoms with Gasteiger partial charge in [0, 0.05) is 13.1 Å². The van der Waals surface area contributed by atoms with E-state index in [0.717, 1.165) is 29.7 Å². The molecule has 2 N–H and O–H groups in total. The van der Waals surface area contributed by atoms with Crippen molar-refractivity contribution in [1.29, 1.82) is 0 Å². The Kier molecular flexibility index (Phi) is 7.76. The number of aryl methyl sites for hydroxylation is 1. The minimum Gasteiger partial charge on any atom is -0.480 e. The summed E-state index contributed by atoms with van der Waals surface area (Å²) in [5.41, 5.74) is 0.766. The Labute approximate surface area is 151 Å². The molecule has 0 amide bonds. The molecule has 1 aliphatic heterocycles. The van der Waals surface area contributed by atoms with Crippen molar-refractivity contribution in [3.8, 4) is 0 Å². The van der Waals surface area contributed by atoms with Gasteiger partial charge in [0.2, 0.25) is 0 Å². The fraction of sp³-hybridized carbons (Fsp3) is 0.615. The number of nitrogens with zero attached hydrogens (tertiary/aromatic N) is 1. The SMILES string of the molecule is Cc1cc(S(=O)(=O)N2CCCC(CNCC(=O)O)C2)sc1Cl.Cl. The second-order valence-corrected chi connectivity index (χ2v) is 9.24. The highest BCUT2D eigenvalue weighted by Gasteiger charge is 2.31. The summed E-state index contributed by atoms with van der Waals surface area (Å²) >= 11 is 7.05. The molecule has 132 valence electrons. The molecule has 0 aromatic carbocycles. The van der Waals surface area contributed by atoms with Gasteiger partial charge in [0.25, 0.3) is 10.0 Å². The first-order chi connectivity index (χ1) is 10.3. The molecule has 0 aliphatic carbocycles. The second-order valence-electron chi connectivity index (χ2n) is 5.42. The Morgan fingerprint density at radius 3 is 2.83 bits per heavy atom. The lowest BCUT2D eigenvalue weighted by atomic mass is 10.00. The summed E-state index contributed by atoms with van der Waals surface area (Å²) in [6.45, 7) is 3.08. The fourth-order valence-corrected chi connectivity index (χ4v) is 5.90. The summed E-state index contributed by atoms with van der Waals surface area (Å²) in [4.78, 5) is 10.5. The smallest absolute Gasteiger partial charge is 0.317 e. The monoisotopic (exact) mass is 402 g/mol. The number of carboxylic acids is 1. The molecule has 0 bridgehead atoms. The zero-order valence-corrected chi connectivity index (χ0v) is 15.8. The van der Waals surface area contributed by atoms with Gasteiger partial charge in [-0.2, -0.15) is 4.31 Å². The number of thiophene rings is 1. The second kappa shape index (κ2) is 8.64. The van der Waals surface area contributed by atoms with Crippen LogP contribution in [0.5, 0.6) is 0 Å². The summed E-state index contributed by atoms with van der Waals surface area (Å²) in [5, 5.41) is 11.5. The Balaban J connectivity index is 0.00000264. The standard InChI is InChI=1S/C13H19ClN2O4S2.ClH/c1-9-5-12(21-13(9)14)22(19,20)16-4-2-3-10(8-16)6-15-7-11(17)18;/h5,10,15H,2-4,6-8H2,1H3,(H,17,18);1H. The van der Waals surface area contributed by atoms with E-state index in [1.165, 1.54) is 4.31 Å². The topological polar surface area (TPSA) is 86.7 Å². The third-order valence-corrected chi connectivity index (χ3v) is 7.49. The van der Waals surface area contributed by atoms with Crippen molar-refractivity contribution < 1.29 is 18.3 Å². The third kappa shape index (κ3) is 5.30. The van der Waals surface area contributed by atoms with Crippen molar-refractivity contribution in [2.75, 3.05) is 26.2 Å². The highest BCUT2D eigenvalue weighted by atomic mass is 35.5. The summed E-state index contributed by atoms with van der Waals surface area (Å²) in [5.74, 6) is -0.789. The molecule has 2 rings (SSSR count). The van der Waals surface area contributed by atoms with Gasteiger partial charge in [-0.1, -0.05) is 11.6 Å². The third-order valence-electron chi connectivity index (χ3n) is 3.62. The normalized spacial score (nSPS) is 19.3. The average Bonchev–Trinajstić information content (AvgIpc) is 2.79. The number of hydrogen-bond acceptors (Lipinski definition) is 5. The largest absolute Gasteiger partial charge is 0.480 e. The zero-order valence-electron chi connectivity index (χ0n) is 12.6. The molecule has 10 heteroatoms. The Bertz CT molecular complexity index is 629. The number of halogens is 2. The van der Waals surface area contributed by atoms with Gasteiger partial charge in [0.15, 0.2) is 0 Å². The summed E-state index contributed by atoms with van der Waals surface area (Å²) in [6.07, 6.45) is 1.67. The number of rotatable bonds is 6. The summed E-state index contributed by atoms with van der Waals surface area (Å²) < 4.78 is 27.5. The van der Waals surface area contributed by atoms with Crippen molar-refractivity contribution >= 4 is 51.3 Å². The molecule has 1 saturated heterocycles.